The minimum atomic E-state index is -3.57. The molecule has 0 radical (unpaired) electrons. The van der Waals surface area contributed by atoms with Gasteiger partial charge in [0.2, 0.25) is 9.05 Å². The van der Waals surface area contributed by atoms with Crippen molar-refractivity contribution in [3.63, 3.8) is 0 Å². The first kappa shape index (κ1) is 17.5. The average molecular weight is 340 g/mol. The lowest BCUT2D eigenvalue weighted by Crippen LogP contribution is -2.12. The van der Waals surface area contributed by atoms with Gasteiger partial charge in [-0.25, -0.2) is 8.42 Å². The summed E-state index contributed by atoms with van der Waals surface area (Å²) in [6.07, 6.45) is 0. The number of halogens is 1. The van der Waals surface area contributed by atoms with Crippen LogP contribution in [0.4, 0.5) is 5.69 Å². The monoisotopic (exact) mass is 339 g/mol. The topological polar surface area (TPSA) is 105 Å². The Kier molecular flexibility index (Phi) is 6.66. The van der Waals surface area contributed by atoms with Crippen LogP contribution in [0.15, 0.2) is 18.2 Å². The fraction of sp³-hybridized carbons (Fsp3) is 0.455. The predicted octanol–water partition coefficient (Wildman–Crippen LogP) is 1.57. The van der Waals surface area contributed by atoms with Crippen molar-refractivity contribution in [3.05, 3.63) is 28.3 Å². The summed E-state index contributed by atoms with van der Waals surface area (Å²) in [6.45, 7) is 0.204. The third-order valence-electron chi connectivity index (χ3n) is 2.31. The molecule has 1 aromatic carbocycles. The van der Waals surface area contributed by atoms with Crippen LogP contribution in [0, 0.1) is 10.1 Å². The quantitative estimate of drug-likeness (QED) is 0.291. The molecule has 0 unspecified atom stereocenters. The van der Waals surface area contributed by atoms with E-state index in [0.717, 1.165) is 0 Å². The number of benzene rings is 1. The molecule has 0 aliphatic heterocycles. The van der Waals surface area contributed by atoms with Crippen LogP contribution < -0.4 is 9.47 Å². The van der Waals surface area contributed by atoms with Crippen LogP contribution in [0.2, 0.25) is 0 Å². The van der Waals surface area contributed by atoms with E-state index in [4.69, 9.17) is 24.9 Å². The summed E-state index contributed by atoms with van der Waals surface area (Å²) in [7, 11) is 2.77. The van der Waals surface area contributed by atoms with Crippen LogP contribution in [-0.2, 0) is 13.8 Å². The Morgan fingerprint density at radius 2 is 2.00 bits per heavy atom. The molecule has 10 heteroatoms. The van der Waals surface area contributed by atoms with Crippen molar-refractivity contribution in [1.29, 1.82) is 0 Å². The van der Waals surface area contributed by atoms with Crippen molar-refractivity contribution in [2.45, 2.75) is 0 Å². The summed E-state index contributed by atoms with van der Waals surface area (Å²) in [5, 5.41) is 10.8. The largest absolute Gasteiger partial charge is 0.491 e. The zero-order valence-electron chi connectivity index (χ0n) is 11.2. The molecular weight excluding hydrogens is 326 g/mol. The number of ether oxygens (including phenoxy) is 3. The summed E-state index contributed by atoms with van der Waals surface area (Å²) >= 11 is 0. The lowest BCUT2D eigenvalue weighted by Gasteiger charge is -2.08. The van der Waals surface area contributed by atoms with E-state index in [1.807, 2.05) is 0 Å². The zero-order chi connectivity index (χ0) is 15.9. The van der Waals surface area contributed by atoms with E-state index in [1.165, 1.54) is 25.3 Å². The highest BCUT2D eigenvalue weighted by Gasteiger charge is 2.15. The second kappa shape index (κ2) is 8.01. The van der Waals surface area contributed by atoms with Crippen LogP contribution in [0.25, 0.3) is 0 Å². The van der Waals surface area contributed by atoms with Gasteiger partial charge in [-0.1, -0.05) is 0 Å². The first-order valence-electron chi connectivity index (χ1n) is 5.79. The molecule has 0 amide bonds. The molecule has 0 atom stereocenters. The predicted molar refractivity (Wildman–Crippen MR) is 75.6 cm³/mol. The van der Waals surface area contributed by atoms with Crippen molar-refractivity contribution >= 4 is 25.4 Å². The second-order valence-electron chi connectivity index (χ2n) is 3.79. The number of hydrogen-bond donors (Lipinski definition) is 0. The second-order valence-corrected chi connectivity index (χ2v) is 6.69. The van der Waals surface area contributed by atoms with Gasteiger partial charge in [0, 0.05) is 10.7 Å². The smallest absolute Gasteiger partial charge is 0.314 e. The highest BCUT2D eigenvalue weighted by atomic mass is 35.7. The first-order valence-corrected chi connectivity index (χ1v) is 8.26. The van der Waals surface area contributed by atoms with E-state index in [9.17, 15) is 18.5 Å². The summed E-state index contributed by atoms with van der Waals surface area (Å²) in [5.74, 6) is 0.134. The Balaban J connectivity index is 2.42. The van der Waals surface area contributed by atoms with Crippen molar-refractivity contribution in [2.24, 2.45) is 0 Å². The molecule has 21 heavy (non-hydrogen) atoms. The SMILES string of the molecule is COc1ccc(OCCOCCS(=O)(=O)Cl)cc1[N+](=O)[O-]. The lowest BCUT2D eigenvalue weighted by molar-refractivity contribution is -0.385. The van der Waals surface area contributed by atoms with Crippen LogP contribution in [-0.4, -0.2) is 46.0 Å². The number of nitrogens with zero attached hydrogens (tertiary/aromatic N) is 1. The molecule has 1 aromatic rings. The molecule has 0 aliphatic carbocycles. The zero-order valence-corrected chi connectivity index (χ0v) is 12.7. The molecular formula is C11H14ClNO7S. The number of methoxy groups -OCH3 is 1. The molecule has 118 valence electrons. The van der Waals surface area contributed by atoms with Gasteiger partial charge < -0.3 is 14.2 Å². The molecule has 0 saturated carbocycles. The van der Waals surface area contributed by atoms with Crippen LogP contribution >= 0.6 is 10.7 Å². The molecule has 0 saturated heterocycles. The highest BCUT2D eigenvalue weighted by molar-refractivity contribution is 8.13. The lowest BCUT2D eigenvalue weighted by atomic mass is 10.3. The first-order chi connectivity index (χ1) is 9.83. The van der Waals surface area contributed by atoms with Gasteiger partial charge in [-0.3, -0.25) is 10.1 Å². The van der Waals surface area contributed by atoms with E-state index >= 15 is 0 Å². The summed E-state index contributed by atoms with van der Waals surface area (Å²) in [4.78, 5) is 10.2. The molecule has 8 nitrogen and oxygen atoms in total. The normalized spacial score (nSPS) is 11.1. The number of hydrogen-bond acceptors (Lipinski definition) is 7. The van der Waals surface area contributed by atoms with Gasteiger partial charge in [-0.05, 0) is 12.1 Å². The third-order valence-corrected chi connectivity index (χ3v) is 3.43. The molecule has 0 N–H and O–H groups in total. The van der Waals surface area contributed by atoms with E-state index < -0.39 is 14.0 Å². The highest BCUT2D eigenvalue weighted by Crippen LogP contribution is 2.30. The fourth-order valence-electron chi connectivity index (χ4n) is 1.38. The summed E-state index contributed by atoms with van der Waals surface area (Å²) < 4.78 is 36.4. The molecule has 1 rings (SSSR count). The van der Waals surface area contributed by atoms with Gasteiger partial charge >= 0.3 is 5.69 Å². The van der Waals surface area contributed by atoms with Gasteiger partial charge in [0.05, 0.1) is 37.1 Å². The van der Waals surface area contributed by atoms with Crippen molar-refractivity contribution < 1.29 is 27.6 Å². The molecule has 0 bridgehead atoms. The number of rotatable bonds is 9. The Morgan fingerprint density at radius 1 is 1.29 bits per heavy atom. The number of nitro groups is 1. The van der Waals surface area contributed by atoms with E-state index in [-0.39, 0.29) is 42.8 Å². The van der Waals surface area contributed by atoms with Crippen LogP contribution in [0.5, 0.6) is 11.5 Å². The molecule has 0 aromatic heterocycles. The standard InChI is InChI=1S/C11H14ClNO7S/c1-18-11-3-2-9(8-10(11)13(14)15)20-5-4-19-6-7-21(12,16)17/h2-3,8H,4-7H2,1H3. The summed E-state index contributed by atoms with van der Waals surface area (Å²) in [5.41, 5.74) is -0.204. The Hall–Kier alpha value is -1.58. The summed E-state index contributed by atoms with van der Waals surface area (Å²) in [6, 6.07) is 4.19. The molecule has 0 heterocycles. The maximum atomic E-state index is 10.8. The average Bonchev–Trinajstić information content (AvgIpc) is 2.41. The van der Waals surface area contributed by atoms with Gasteiger partial charge in [0.1, 0.15) is 12.4 Å². The minimum absolute atomic E-state index is 0.0437. The minimum Gasteiger partial charge on any atom is -0.491 e. The van der Waals surface area contributed by atoms with E-state index in [1.54, 1.807) is 0 Å². The van der Waals surface area contributed by atoms with Crippen molar-refractivity contribution in [3.8, 4) is 11.5 Å². The Labute approximate surface area is 126 Å². The van der Waals surface area contributed by atoms with Crippen LogP contribution in [0.3, 0.4) is 0 Å². The fourth-order valence-corrected chi connectivity index (χ4v) is 1.89. The van der Waals surface area contributed by atoms with E-state index in [2.05, 4.69) is 0 Å². The maximum Gasteiger partial charge on any atom is 0.314 e. The van der Waals surface area contributed by atoms with Crippen molar-refractivity contribution in [1.82, 2.24) is 0 Å². The maximum absolute atomic E-state index is 10.8. The Morgan fingerprint density at radius 3 is 2.57 bits per heavy atom. The molecule has 0 fully saturated rings. The molecule has 0 aliphatic rings. The van der Waals surface area contributed by atoms with Gasteiger partial charge in [0.15, 0.2) is 5.75 Å². The third kappa shape index (κ3) is 6.61. The Bertz CT molecular complexity index is 590. The molecule has 0 spiro atoms. The van der Waals surface area contributed by atoms with Gasteiger partial charge in [-0.15, -0.1) is 0 Å². The van der Waals surface area contributed by atoms with Crippen LogP contribution in [0.1, 0.15) is 0 Å². The van der Waals surface area contributed by atoms with Gasteiger partial charge in [-0.2, -0.15) is 0 Å². The van der Waals surface area contributed by atoms with Crippen molar-refractivity contribution in [2.75, 3.05) is 32.7 Å². The van der Waals surface area contributed by atoms with E-state index in [0.29, 0.717) is 0 Å². The number of nitro benzene ring substituents is 1. The van der Waals surface area contributed by atoms with Gasteiger partial charge in [0.25, 0.3) is 0 Å².